The number of benzene rings is 3. The molecule has 1 heterocycles. The second-order valence-electron chi connectivity index (χ2n) is 6.53. The number of imidazole rings is 1. The minimum atomic E-state index is -0.714. The van der Waals surface area contributed by atoms with Crippen LogP contribution in [0.4, 0.5) is 8.78 Å². The second kappa shape index (κ2) is 8.47. The number of halogens is 4. The molecule has 0 spiro atoms. The van der Waals surface area contributed by atoms with E-state index in [1.54, 1.807) is 24.3 Å². The molecule has 9 heteroatoms. The van der Waals surface area contributed by atoms with Crippen molar-refractivity contribution in [2.45, 2.75) is 0 Å². The molecule has 0 aliphatic carbocycles. The first-order valence-corrected chi connectivity index (χ1v) is 9.76. The number of rotatable bonds is 4. The lowest BCUT2D eigenvalue weighted by Gasteiger charge is -2.15. The van der Waals surface area contributed by atoms with Gasteiger partial charge in [-0.3, -0.25) is 14.8 Å². The van der Waals surface area contributed by atoms with Gasteiger partial charge in [0.25, 0.3) is 5.91 Å². The minimum absolute atomic E-state index is 0.0466. The highest BCUT2D eigenvalue weighted by molar-refractivity contribution is 6.31. The number of nitrogens with zero attached hydrogens (tertiary/aromatic N) is 2. The van der Waals surface area contributed by atoms with Crippen LogP contribution in [-0.2, 0) is 0 Å². The van der Waals surface area contributed by atoms with E-state index in [0.29, 0.717) is 11.1 Å². The average molecular weight is 459 g/mol. The number of hydrogen-bond acceptors (Lipinski definition) is 3. The van der Waals surface area contributed by atoms with Gasteiger partial charge in [0.1, 0.15) is 17.5 Å². The number of hydrogen-bond donors (Lipinski definition) is 2. The molecule has 0 radical (unpaired) electrons. The zero-order valence-electron chi connectivity index (χ0n) is 15.7. The van der Waals surface area contributed by atoms with Crippen molar-refractivity contribution in [3.63, 3.8) is 0 Å². The Hall–Kier alpha value is -3.26. The van der Waals surface area contributed by atoms with Crippen molar-refractivity contribution >= 4 is 29.1 Å². The lowest BCUT2D eigenvalue weighted by molar-refractivity contribution is 0.0950. The number of nitrogens with two attached hydrogens (primary N) is 1. The van der Waals surface area contributed by atoms with Gasteiger partial charge in [-0.15, -0.1) is 0 Å². The van der Waals surface area contributed by atoms with Gasteiger partial charge < -0.3 is 0 Å². The van der Waals surface area contributed by atoms with E-state index in [1.165, 1.54) is 34.9 Å². The summed E-state index contributed by atoms with van der Waals surface area (Å²) in [5.74, 6) is 3.67. The fraction of sp³-hybridized carbons (Fsp3) is 0. The smallest absolute Gasteiger partial charge is 0.286 e. The molecule has 5 nitrogen and oxygen atoms in total. The normalized spacial score (nSPS) is 10.9. The van der Waals surface area contributed by atoms with Crippen molar-refractivity contribution in [3.8, 4) is 28.3 Å². The Morgan fingerprint density at radius 3 is 2.32 bits per heavy atom. The van der Waals surface area contributed by atoms with E-state index in [4.69, 9.17) is 29.0 Å². The molecule has 31 heavy (non-hydrogen) atoms. The zero-order chi connectivity index (χ0) is 22.1. The fourth-order valence-electron chi connectivity index (χ4n) is 3.23. The molecule has 1 aromatic heterocycles. The summed E-state index contributed by atoms with van der Waals surface area (Å²) in [5.41, 5.74) is 3.11. The van der Waals surface area contributed by atoms with E-state index in [2.05, 4.69) is 4.98 Å². The Balaban J connectivity index is 2.15. The van der Waals surface area contributed by atoms with Gasteiger partial charge in [-0.1, -0.05) is 53.5 Å². The van der Waals surface area contributed by atoms with E-state index in [9.17, 15) is 13.6 Å². The van der Waals surface area contributed by atoms with Crippen molar-refractivity contribution in [2.75, 3.05) is 0 Å². The number of nitrogen functional groups attached to an aromatic ring is 1. The molecule has 4 rings (SSSR count). The molecule has 4 aromatic rings. The third kappa shape index (κ3) is 3.90. The van der Waals surface area contributed by atoms with Crippen molar-refractivity contribution < 1.29 is 13.6 Å². The minimum Gasteiger partial charge on any atom is -0.289 e. The summed E-state index contributed by atoms with van der Waals surface area (Å²) in [4.78, 5) is 17.1. The van der Waals surface area contributed by atoms with E-state index >= 15 is 0 Å². The second-order valence-corrected chi connectivity index (χ2v) is 7.38. The monoisotopic (exact) mass is 458 g/mol. The van der Waals surface area contributed by atoms with E-state index in [0.717, 1.165) is 6.07 Å². The predicted molar refractivity (Wildman–Crippen MR) is 116 cm³/mol. The predicted octanol–water partition coefficient (Wildman–Crippen LogP) is 5.39. The van der Waals surface area contributed by atoms with Crippen LogP contribution in [0.2, 0.25) is 10.0 Å². The highest BCUT2D eigenvalue weighted by atomic mass is 35.5. The van der Waals surface area contributed by atoms with Gasteiger partial charge in [-0.05, 0) is 36.4 Å². The third-order valence-corrected chi connectivity index (χ3v) is 5.12. The molecule has 156 valence electrons. The van der Waals surface area contributed by atoms with E-state index < -0.39 is 17.5 Å². The molecule has 3 N–H and O–H groups in total. The van der Waals surface area contributed by atoms with Crippen LogP contribution in [-0.4, -0.2) is 15.5 Å². The third-order valence-electron chi connectivity index (χ3n) is 4.60. The van der Waals surface area contributed by atoms with E-state index in [-0.39, 0.29) is 32.9 Å². The Kier molecular flexibility index (Phi) is 5.73. The molecule has 0 fully saturated rings. The van der Waals surface area contributed by atoms with Crippen molar-refractivity contribution in [3.05, 3.63) is 94.1 Å². The number of hydrazine groups is 1. The Labute approximate surface area is 186 Å². The summed E-state index contributed by atoms with van der Waals surface area (Å²) in [6.45, 7) is 0. The topological polar surface area (TPSA) is 72.9 Å². The van der Waals surface area contributed by atoms with Crippen LogP contribution in [0.25, 0.3) is 28.3 Å². The molecule has 0 saturated carbocycles. The van der Waals surface area contributed by atoms with Gasteiger partial charge >= 0.3 is 0 Å². The van der Waals surface area contributed by atoms with Crippen LogP contribution in [0, 0.1) is 11.6 Å². The number of carbonyl (C=O) groups excluding carboxylic acids is 1. The molecule has 0 atom stereocenters. The van der Waals surface area contributed by atoms with Crippen LogP contribution < -0.4 is 11.3 Å². The van der Waals surface area contributed by atoms with Crippen molar-refractivity contribution in [1.82, 2.24) is 15.0 Å². The van der Waals surface area contributed by atoms with Gasteiger partial charge in [0, 0.05) is 16.1 Å². The van der Waals surface area contributed by atoms with Gasteiger partial charge in [-0.2, -0.15) is 0 Å². The maximum Gasteiger partial charge on any atom is 0.286 e. The molecule has 1 amide bonds. The Bertz CT molecular complexity index is 1290. The summed E-state index contributed by atoms with van der Waals surface area (Å²) >= 11 is 12.1. The summed E-state index contributed by atoms with van der Waals surface area (Å²) in [7, 11) is 0. The van der Waals surface area contributed by atoms with Crippen molar-refractivity contribution in [1.29, 1.82) is 0 Å². The molecular formula is C22H14Cl2F2N4O. The standard InChI is InChI=1S/C22H14Cl2F2N4O/c23-14-7-9-17(26)18(11-14)30-20(13-6-8-16(25)15(24)10-13)19(22(31)29-27)28-21(30)12-4-2-1-3-5-12/h1-11H,27H2,(H,29,31). The van der Waals surface area contributed by atoms with Gasteiger partial charge in [0.15, 0.2) is 5.69 Å². The summed E-state index contributed by atoms with van der Waals surface area (Å²) in [5, 5.41) is 0.106. The molecule has 0 saturated heterocycles. The van der Waals surface area contributed by atoms with Crippen LogP contribution in [0.15, 0.2) is 66.7 Å². The summed E-state index contributed by atoms with van der Waals surface area (Å²) < 4.78 is 30.2. The van der Waals surface area contributed by atoms with Gasteiger partial charge in [-0.25, -0.2) is 19.6 Å². The maximum atomic E-state index is 15.0. The summed E-state index contributed by atoms with van der Waals surface area (Å²) in [6.07, 6.45) is 0. The van der Waals surface area contributed by atoms with Crippen LogP contribution >= 0.6 is 23.2 Å². The quantitative estimate of drug-likeness (QED) is 0.244. The maximum absolute atomic E-state index is 15.0. The average Bonchev–Trinajstić information content (AvgIpc) is 3.17. The first kappa shape index (κ1) is 21.0. The lowest BCUT2D eigenvalue weighted by atomic mass is 10.1. The molecule has 0 aliphatic rings. The van der Waals surface area contributed by atoms with Crippen LogP contribution in [0.1, 0.15) is 10.5 Å². The first-order chi connectivity index (χ1) is 14.9. The zero-order valence-corrected chi connectivity index (χ0v) is 17.3. The highest BCUT2D eigenvalue weighted by Crippen LogP contribution is 2.36. The SMILES string of the molecule is NNC(=O)c1nc(-c2ccccc2)n(-c2cc(Cl)ccc2F)c1-c1ccc(F)c(Cl)c1. The number of carbonyl (C=O) groups is 1. The number of nitrogens with one attached hydrogen (secondary N) is 1. The first-order valence-electron chi connectivity index (χ1n) is 9.00. The van der Waals surface area contributed by atoms with Crippen LogP contribution in [0.5, 0.6) is 0 Å². The van der Waals surface area contributed by atoms with E-state index in [1.807, 2.05) is 11.5 Å². The number of aromatic nitrogens is 2. The molecule has 3 aromatic carbocycles. The highest BCUT2D eigenvalue weighted by Gasteiger charge is 2.27. The van der Waals surface area contributed by atoms with Crippen LogP contribution in [0.3, 0.4) is 0 Å². The Morgan fingerprint density at radius 1 is 0.935 bits per heavy atom. The van der Waals surface area contributed by atoms with Gasteiger partial charge in [0.2, 0.25) is 0 Å². The number of amides is 1. The lowest BCUT2D eigenvalue weighted by Crippen LogP contribution is -2.30. The molecule has 0 aliphatic heterocycles. The summed E-state index contributed by atoms with van der Waals surface area (Å²) in [6, 6.07) is 16.8. The molecule has 0 unspecified atom stereocenters. The Morgan fingerprint density at radius 2 is 1.65 bits per heavy atom. The van der Waals surface area contributed by atoms with Gasteiger partial charge in [0.05, 0.1) is 16.4 Å². The van der Waals surface area contributed by atoms with Crippen molar-refractivity contribution in [2.24, 2.45) is 5.84 Å². The molecule has 0 bridgehead atoms. The molecular weight excluding hydrogens is 445 g/mol. The fourth-order valence-corrected chi connectivity index (χ4v) is 3.58. The largest absolute Gasteiger partial charge is 0.289 e.